The summed E-state index contributed by atoms with van der Waals surface area (Å²) < 4.78 is 0. The molecule has 1 aromatic rings. The Labute approximate surface area is 112 Å². The van der Waals surface area contributed by atoms with E-state index in [9.17, 15) is 4.79 Å². The molecule has 0 saturated carbocycles. The number of amides is 1. The summed E-state index contributed by atoms with van der Waals surface area (Å²) in [5, 5.41) is 6.79. The van der Waals surface area contributed by atoms with Crippen molar-refractivity contribution < 1.29 is 4.79 Å². The van der Waals surface area contributed by atoms with Crippen LogP contribution in [0.2, 0.25) is 5.02 Å². The Kier molecular flexibility index (Phi) is 4.44. The summed E-state index contributed by atoms with van der Waals surface area (Å²) in [6, 6.07) is 5.92. The highest BCUT2D eigenvalue weighted by molar-refractivity contribution is 6.31. The molecule has 0 radical (unpaired) electrons. The van der Waals surface area contributed by atoms with Crippen LogP contribution in [-0.2, 0) is 11.3 Å². The lowest BCUT2D eigenvalue weighted by Gasteiger charge is -2.25. The van der Waals surface area contributed by atoms with Gasteiger partial charge >= 0.3 is 0 Å². The van der Waals surface area contributed by atoms with Gasteiger partial charge in [0.25, 0.3) is 0 Å². The van der Waals surface area contributed by atoms with Crippen LogP contribution in [0.1, 0.15) is 12.0 Å². The SMILES string of the molecule is CNCc1c(Cl)cccc1N1CCNC(=O)CC1. The number of nitrogens with one attached hydrogen (secondary N) is 2. The Morgan fingerprint density at radius 1 is 1.44 bits per heavy atom. The topological polar surface area (TPSA) is 44.4 Å². The minimum absolute atomic E-state index is 0.120. The Bertz CT molecular complexity index is 436. The zero-order valence-electron chi connectivity index (χ0n) is 10.5. The van der Waals surface area contributed by atoms with Crippen LogP contribution < -0.4 is 15.5 Å². The van der Waals surface area contributed by atoms with Crippen LogP contribution >= 0.6 is 11.6 Å². The molecule has 1 amide bonds. The van der Waals surface area contributed by atoms with Crippen molar-refractivity contribution in [2.75, 3.05) is 31.6 Å². The van der Waals surface area contributed by atoms with Crippen molar-refractivity contribution in [1.82, 2.24) is 10.6 Å². The second-order valence-electron chi connectivity index (χ2n) is 4.35. The van der Waals surface area contributed by atoms with Crippen LogP contribution in [-0.4, -0.2) is 32.6 Å². The number of rotatable bonds is 3. The smallest absolute Gasteiger partial charge is 0.221 e. The van der Waals surface area contributed by atoms with Gasteiger partial charge < -0.3 is 15.5 Å². The predicted molar refractivity (Wildman–Crippen MR) is 74.1 cm³/mol. The summed E-state index contributed by atoms with van der Waals surface area (Å²) in [6.07, 6.45) is 0.533. The molecule has 5 heteroatoms. The van der Waals surface area contributed by atoms with Gasteiger partial charge in [-0.15, -0.1) is 0 Å². The van der Waals surface area contributed by atoms with Crippen LogP contribution in [0.3, 0.4) is 0 Å². The van der Waals surface area contributed by atoms with Crippen LogP contribution in [0.4, 0.5) is 5.69 Å². The lowest BCUT2D eigenvalue weighted by Crippen LogP contribution is -2.29. The van der Waals surface area contributed by atoms with Gasteiger partial charge in [-0.25, -0.2) is 0 Å². The van der Waals surface area contributed by atoms with Gasteiger partial charge in [0.05, 0.1) is 0 Å². The van der Waals surface area contributed by atoms with Crippen LogP contribution in [0.15, 0.2) is 18.2 Å². The third-order valence-electron chi connectivity index (χ3n) is 3.10. The van der Waals surface area contributed by atoms with Crippen molar-refractivity contribution >= 4 is 23.2 Å². The van der Waals surface area contributed by atoms with Gasteiger partial charge in [0.1, 0.15) is 0 Å². The molecule has 2 rings (SSSR count). The van der Waals surface area contributed by atoms with E-state index in [0.29, 0.717) is 13.0 Å². The Balaban J connectivity index is 2.26. The van der Waals surface area contributed by atoms with Crippen molar-refractivity contribution in [3.63, 3.8) is 0 Å². The Hall–Kier alpha value is -1.26. The van der Waals surface area contributed by atoms with E-state index in [1.807, 2.05) is 19.2 Å². The van der Waals surface area contributed by atoms with Crippen molar-refractivity contribution in [3.8, 4) is 0 Å². The second kappa shape index (κ2) is 6.07. The number of hydrogen-bond donors (Lipinski definition) is 2. The third kappa shape index (κ3) is 2.94. The standard InChI is InChI=1S/C13H18ClN3O/c1-15-9-10-11(14)3-2-4-12(10)17-7-5-13(18)16-6-8-17/h2-4,15H,5-9H2,1H3,(H,16,18). The molecule has 0 unspecified atom stereocenters. The van der Waals surface area contributed by atoms with Gasteiger partial charge in [0.2, 0.25) is 5.91 Å². The molecule has 1 heterocycles. The lowest BCUT2D eigenvalue weighted by atomic mass is 10.1. The molecule has 4 nitrogen and oxygen atoms in total. The fourth-order valence-electron chi connectivity index (χ4n) is 2.20. The van der Waals surface area contributed by atoms with E-state index in [4.69, 9.17) is 11.6 Å². The first kappa shape index (κ1) is 13.2. The van der Waals surface area contributed by atoms with Crippen LogP contribution in [0.25, 0.3) is 0 Å². The van der Waals surface area contributed by atoms with E-state index >= 15 is 0 Å². The van der Waals surface area contributed by atoms with Gasteiger partial charge in [-0.05, 0) is 19.2 Å². The minimum atomic E-state index is 0.120. The van der Waals surface area contributed by atoms with E-state index in [1.54, 1.807) is 0 Å². The Morgan fingerprint density at radius 2 is 2.28 bits per heavy atom. The van der Waals surface area contributed by atoms with Crippen molar-refractivity contribution in [3.05, 3.63) is 28.8 Å². The van der Waals surface area contributed by atoms with E-state index in [2.05, 4.69) is 21.6 Å². The van der Waals surface area contributed by atoms with Crippen molar-refractivity contribution in [2.24, 2.45) is 0 Å². The molecular weight excluding hydrogens is 250 g/mol. The number of hydrogen-bond acceptors (Lipinski definition) is 3. The van der Waals surface area contributed by atoms with Gasteiger partial charge in [-0.1, -0.05) is 17.7 Å². The maximum atomic E-state index is 11.4. The van der Waals surface area contributed by atoms with Gasteiger partial charge in [-0.2, -0.15) is 0 Å². The van der Waals surface area contributed by atoms with Gasteiger partial charge in [-0.3, -0.25) is 4.79 Å². The highest BCUT2D eigenvalue weighted by Crippen LogP contribution is 2.27. The maximum absolute atomic E-state index is 11.4. The van der Waals surface area contributed by atoms with Gasteiger partial charge in [0, 0.05) is 48.9 Å². The second-order valence-corrected chi connectivity index (χ2v) is 4.76. The Morgan fingerprint density at radius 3 is 3.06 bits per heavy atom. The van der Waals surface area contributed by atoms with Crippen molar-refractivity contribution in [2.45, 2.75) is 13.0 Å². The summed E-state index contributed by atoms with van der Waals surface area (Å²) in [6.45, 7) is 2.98. The molecule has 1 aliphatic heterocycles. The summed E-state index contributed by atoms with van der Waals surface area (Å²) in [5.41, 5.74) is 2.21. The number of anilines is 1. The minimum Gasteiger partial charge on any atom is -0.369 e. The molecule has 0 aromatic heterocycles. The zero-order valence-corrected chi connectivity index (χ0v) is 11.3. The molecule has 98 valence electrons. The van der Waals surface area contributed by atoms with E-state index < -0.39 is 0 Å². The molecule has 1 aliphatic rings. The van der Waals surface area contributed by atoms with Crippen LogP contribution in [0, 0.1) is 0 Å². The quantitative estimate of drug-likeness (QED) is 0.870. The van der Waals surface area contributed by atoms with Gasteiger partial charge in [0.15, 0.2) is 0 Å². The highest BCUT2D eigenvalue weighted by atomic mass is 35.5. The fraction of sp³-hybridized carbons (Fsp3) is 0.462. The fourth-order valence-corrected chi connectivity index (χ4v) is 2.44. The first-order valence-electron chi connectivity index (χ1n) is 6.16. The van der Waals surface area contributed by atoms with Crippen LogP contribution in [0.5, 0.6) is 0 Å². The average Bonchev–Trinajstić information content (AvgIpc) is 2.57. The largest absolute Gasteiger partial charge is 0.369 e. The zero-order chi connectivity index (χ0) is 13.0. The number of carbonyl (C=O) groups is 1. The number of carbonyl (C=O) groups excluding carboxylic acids is 1. The summed E-state index contributed by atoms with van der Waals surface area (Å²) in [5.74, 6) is 0.120. The van der Waals surface area contributed by atoms with Crippen molar-refractivity contribution in [1.29, 1.82) is 0 Å². The first-order chi connectivity index (χ1) is 8.72. The third-order valence-corrected chi connectivity index (χ3v) is 3.46. The molecular formula is C13H18ClN3O. The number of halogens is 1. The monoisotopic (exact) mass is 267 g/mol. The molecule has 1 fully saturated rings. The molecule has 0 bridgehead atoms. The predicted octanol–water partition coefficient (Wildman–Crippen LogP) is 1.39. The first-order valence-corrected chi connectivity index (χ1v) is 6.54. The average molecular weight is 268 g/mol. The molecule has 18 heavy (non-hydrogen) atoms. The molecule has 0 spiro atoms. The molecule has 1 saturated heterocycles. The summed E-state index contributed by atoms with van der Waals surface area (Å²) in [7, 11) is 1.90. The maximum Gasteiger partial charge on any atom is 0.221 e. The number of nitrogens with zero attached hydrogens (tertiary/aromatic N) is 1. The molecule has 1 aromatic carbocycles. The molecule has 0 atom stereocenters. The lowest BCUT2D eigenvalue weighted by molar-refractivity contribution is -0.120. The van der Waals surface area contributed by atoms with E-state index in [0.717, 1.165) is 35.9 Å². The number of benzene rings is 1. The molecule has 2 N–H and O–H groups in total. The van der Waals surface area contributed by atoms with E-state index in [-0.39, 0.29) is 5.91 Å². The molecule has 0 aliphatic carbocycles. The normalized spacial score (nSPS) is 16.3. The summed E-state index contributed by atoms with van der Waals surface area (Å²) in [4.78, 5) is 13.6. The highest BCUT2D eigenvalue weighted by Gasteiger charge is 2.17. The summed E-state index contributed by atoms with van der Waals surface area (Å²) >= 11 is 6.25. The van der Waals surface area contributed by atoms with E-state index in [1.165, 1.54) is 0 Å².